The Bertz CT molecular complexity index is 126. The molecule has 0 bridgehead atoms. The highest BCUT2D eigenvalue weighted by molar-refractivity contribution is 5.58. The maximum Gasteiger partial charge on any atom is 0.0889 e. The van der Waals surface area contributed by atoms with Crippen LogP contribution in [-0.4, -0.2) is 24.8 Å². The largest absolute Gasteiger partial charge is 0.340 e. The van der Waals surface area contributed by atoms with Crippen LogP contribution in [0.5, 0.6) is 0 Å². The second-order valence-electron chi connectivity index (χ2n) is 1.95. The van der Waals surface area contributed by atoms with Crippen molar-refractivity contribution in [1.29, 1.82) is 0 Å². The van der Waals surface area contributed by atoms with Gasteiger partial charge in [0.25, 0.3) is 0 Å². The van der Waals surface area contributed by atoms with E-state index in [0.717, 1.165) is 18.7 Å². The van der Waals surface area contributed by atoms with Crippen molar-refractivity contribution in [1.82, 2.24) is 4.90 Å². The number of hydrogen-bond donors (Lipinski definition) is 0. The first-order valence-corrected chi connectivity index (χ1v) is 2.71. The summed E-state index contributed by atoms with van der Waals surface area (Å²) in [7, 11) is 1.96. The van der Waals surface area contributed by atoms with Crippen molar-refractivity contribution in [2.45, 2.75) is 6.42 Å². The zero-order valence-corrected chi connectivity index (χ0v) is 5.09. The predicted molar refractivity (Wildman–Crippen MR) is 34.9 cm³/mol. The molecule has 0 aliphatic carbocycles. The summed E-state index contributed by atoms with van der Waals surface area (Å²) in [5.74, 6) is 0. The van der Waals surface area contributed by atoms with Crippen LogP contribution in [-0.2, 0) is 0 Å². The molecule has 0 fully saturated rings. The summed E-state index contributed by atoms with van der Waals surface area (Å²) in [5, 5.41) is 0. The Kier molecular flexibility index (Phi) is 1.33. The minimum absolute atomic E-state index is 0.906. The molecule has 2 heteroatoms. The summed E-state index contributed by atoms with van der Waals surface area (Å²) in [4.78, 5) is 6.00. The van der Waals surface area contributed by atoms with Crippen molar-refractivity contribution < 1.29 is 0 Å². The van der Waals surface area contributed by atoms with E-state index in [9.17, 15) is 0 Å². The van der Waals surface area contributed by atoms with Gasteiger partial charge in [-0.15, -0.1) is 0 Å². The van der Waals surface area contributed by atoms with Gasteiger partial charge in [0.2, 0.25) is 0 Å². The van der Waals surface area contributed by atoms with Crippen LogP contribution >= 0.6 is 0 Å². The minimum Gasteiger partial charge on any atom is -0.340 e. The maximum atomic E-state index is 4.05. The average molecular weight is 110 g/mol. The first kappa shape index (κ1) is 5.35. The highest BCUT2D eigenvalue weighted by Crippen LogP contribution is 2.05. The molecule has 2 nitrogen and oxygen atoms in total. The van der Waals surface area contributed by atoms with Crippen molar-refractivity contribution in [3.63, 3.8) is 0 Å². The molecule has 0 amide bonds. The Hall–Kier alpha value is -0.790. The average Bonchev–Trinajstić information content (AvgIpc) is 1.77. The van der Waals surface area contributed by atoms with Crippen LogP contribution in [0.1, 0.15) is 6.42 Å². The topological polar surface area (TPSA) is 15.6 Å². The molecule has 0 spiro atoms. The van der Waals surface area contributed by atoms with E-state index in [4.69, 9.17) is 0 Å². The standard InChI is InChI=1S/C6H10N2/c1-6-3-4-7-5-8(6)2/h5H,1,3-4H2,2H3. The van der Waals surface area contributed by atoms with E-state index in [-0.39, 0.29) is 0 Å². The van der Waals surface area contributed by atoms with Gasteiger partial charge in [-0.3, -0.25) is 4.99 Å². The Labute approximate surface area is 49.5 Å². The Morgan fingerprint density at radius 1 is 1.88 bits per heavy atom. The van der Waals surface area contributed by atoms with Gasteiger partial charge in [0.05, 0.1) is 6.34 Å². The fourth-order valence-electron chi connectivity index (χ4n) is 0.632. The molecule has 0 saturated carbocycles. The molecular weight excluding hydrogens is 100 g/mol. The van der Waals surface area contributed by atoms with Gasteiger partial charge < -0.3 is 4.90 Å². The third-order valence-corrected chi connectivity index (χ3v) is 1.28. The summed E-state index contributed by atoms with van der Waals surface area (Å²) in [6.07, 6.45) is 2.82. The van der Waals surface area contributed by atoms with E-state index in [2.05, 4.69) is 11.6 Å². The van der Waals surface area contributed by atoms with Gasteiger partial charge >= 0.3 is 0 Å². The van der Waals surface area contributed by atoms with Crippen LogP contribution in [0.4, 0.5) is 0 Å². The van der Waals surface area contributed by atoms with Crippen LogP contribution in [0, 0.1) is 0 Å². The molecule has 0 aromatic heterocycles. The normalized spacial score (nSPS) is 19.6. The summed E-state index contributed by atoms with van der Waals surface area (Å²) >= 11 is 0. The van der Waals surface area contributed by atoms with Gasteiger partial charge in [-0.2, -0.15) is 0 Å². The van der Waals surface area contributed by atoms with Gasteiger partial charge in [0, 0.05) is 25.7 Å². The summed E-state index contributed by atoms with van der Waals surface area (Å²) in [6.45, 7) is 4.74. The van der Waals surface area contributed by atoms with E-state index >= 15 is 0 Å². The molecule has 1 aliphatic rings. The first-order valence-electron chi connectivity index (χ1n) is 2.71. The number of nitrogens with zero attached hydrogens (tertiary/aromatic N) is 2. The van der Waals surface area contributed by atoms with Crippen molar-refractivity contribution >= 4 is 6.34 Å². The zero-order chi connectivity index (χ0) is 5.98. The number of aliphatic imine (C=N–C) groups is 1. The van der Waals surface area contributed by atoms with Gasteiger partial charge in [-0.25, -0.2) is 0 Å². The molecule has 0 saturated heterocycles. The van der Waals surface area contributed by atoms with Gasteiger partial charge in [0.1, 0.15) is 0 Å². The third kappa shape index (κ3) is 0.886. The van der Waals surface area contributed by atoms with Crippen LogP contribution in [0.2, 0.25) is 0 Å². The second-order valence-corrected chi connectivity index (χ2v) is 1.95. The molecule has 1 aliphatic heterocycles. The van der Waals surface area contributed by atoms with E-state index in [1.54, 1.807) is 0 Å². The van der Waals surface area contributed by atoms with Crippen LogP contribution in [0.15, 0.2) is 17.3 Å². The maximum absolute atomic E-state index is 4.05. The third-order valence-electron chi connectivity index (χ3n) is 1.28. The molecular formula is C6H10N2. The van der Waals surface area contributed by atoms with E-state index < -0.39 is 0 Å². The van der Waals surface area contributed by atoms with Gasteiger partial charge in [0.15, 0.2) is 0 Å². The fourth-order valence-corrected chi connectivity index (χ4v) is 0.632. The van der Waals surface area contributed by atoms with Crippen LogP contribution in [0.3, 0.4) is 0 Å². The van der Waals surface area contributed by atoms with Crippen molar-refractivity contribution in [2.24, 2.45) is 4.99 Å². The predicted octanol–water partition coefficient (Wildman–Crippen LogP) is 0.864. The molecule has 0 aromatic carbocycles. The molecule has 44 valence electrons. The lowest BCUT2D eigenvalue weighted by atomic mass is 10.3. The number of rotatable bonds is 0. The monoisotopic (exact) mass is 110 g/mol. The molecule has 0 unspecified atom stereocenters. The quantitative estimate of drug-likeness (QED) is 0.451. The zero-order valence-electron chi connectivity index (χ0n) is 5.09. The number of hydrogen-bond acceptors (Lipinski definition) is 2. The Morgan fingerprint density at radius 2 is 2.62 bits per heavy atom. The van der Waals surface area contributed by atoms with E-state index in [1.807, 2.05) is 18.3 Å². The lowest BCUT2D eigenvalue weighted by Gasteiger charge is -2.18. The summed E-state index contributed by atoms with van der Waals surface area (Å²) in [6, 6.07) is 0. The minimum atomic E-state index is 0.906. The Balaban J connectivity index is 2.60. The molecule has 0 aromatic rings. The lowest BCUT2D eigenvalue weighted by molar-refractivity contribution is 0.582. The lowest BCUT2D eigenvalue weighted by Crippen LogP contribution is -2.19. The molecule has 1 heterocycles. The summed E-state index contributed by atoms with van der Waals surface area (Å²) < 4.78 is 0. The van der Waals surface area contributed by atoms with Crippen molar-refractivity contribution in [2.75, 3.05) is 13.6 Å². The molecule has 0 N–H and O–H groups in total. The molecule has 0 atom stereocenters. The van der Waals surface area contributed by atoms with Gasteiger partial charge in [-0.1, -0.05) is 6.58 Å². The second kappa shape index (κ2) is 1.99. The van der Waals surface area contributed by atoms with E-state index in [1.165, 1.54) is 0 Å². The molecule has 0 radical (unpaired) electrons. The molecule has 8 heavy (non-hydrogen) atoms. The van der Waals surface area contributed by atoms with Crippen molar-refractivity contribution in [3.8, 4) is 0 Å². The van der Waals surface area contributed by atoms with Crippen molar-refractivity contribution in [3.05, 3.63) is 12.3 Å². The highest BCUT2D eigenvalue weighted by atomic mass is 15.1. The SMILES string of the molecule is C=C1CCN=CN1C. The fraction of sp³-hybridized carbons (Fsp3) is 0.500. The first-order chi connectivity index (χ1) is 3.80. The smallest absolute Gasteiger partial charge is 0.0889 e. The molecule has 1 rings (SSSR count). The summed E-state index contributed by atoms with van der Waals surface area (Å²) in [5.41, 5.74) is 1.15. The van der Waals surface area contributed by atoms with E-state index in [0.29, 0.717) is 0 Å². The van der Waals surface area contributed by atoms with Gasteiger partial charge in [-0.05, 0) is 0 Å². The highest BCUT2D eigenvalue weighted by Gasteiger charge is 2.01. The van der Waals surface area contributed by atoms with Crippen LogP contribution < -0.4 is 0 Å². The Morgan fingerprint density at radius 3 is 3.00 bits per heavy atom. The van der Waals surface area contributed by atoms with Crippen LogP contribution in [0.25, 0.3) is 0 Å².